The Labute approximate surface area is 93.6 Å². The fraction of sp³-hybridized carbons (Fsp3) is 0.111. The van der Waals surface area contributed by atoms with E-state index in [0.717, 1.165) is 5.56 Å². The lowest BCUT2D eigenvalue weighted by molar-refractivity contribution is 0.681. The standard InChI is InChI=1S/C9H9N3OS2/c10-8-11-12-9(14-8)15(13)6-7-4-2-1-3-5-7/h1-5H,6H2,(H2,10,11). The highest BCUT2D eigenvalue weighted by atomic mass is 32.2. The van der Waals surface area contributed by atoms with Gasteiger partial charge < -0.3 is 5.73 Å². The van der Waals surface area contributed by atoms with E-state index in [1.54, 1.807) is 0 Å². The Bertz CT molecular complexity index is 469. The molecular formula is C9H9N3OS2. The molecule has 0 radical (unpaired) electrons. The maximum absolute atomic E-state index is 11.8. The van der Waals surface area contributed by atoms with Crippen molar-refractivity contribution in [3.8, 4) is 0 Å². The van der Waals surface area contributed by atoms with Gasteiger partial charge >= 0.3 is 0 Å². The van der Waals surface area contributed by atoms with Crippen LogP contribution >= 0.6 is 11.3 Å². The molecule has 0 saturated carbocycles. The van der Waals surface area contributed by atoms with Crippen LogP contribution in [-0.4, -0.2) is 14.4 Å². The summed E-state index contributed by atoms with van der Waals surface area (Å²) < 4.78 is 12.3. The van der Waals surface area contributed by atoms with Gasteiger partial charge in [0.1, 0.15) is 0 Å². The van der Waals surface area contributed by atoms with Crippen molar-refractivity contribution in [2.45, 2.75) is 10.1 Å². The second-order valence-electron chi connectivity index (χ2n) is 2.88. The van der Waals surface area contributed by atoms with Gasteiger partial charge in [0, 0.05) is 0 Å². The highest BCUT2D eigenvalue weighted by molar-refractivity contribution is 7.86. The molecule has 0 aliphatic carbocycles. The number of aromatic nitrogens is 2. The zero-order valence-corrected chi connectivity index (χ0v) is 9.42. The molecule has 1 aromatic carbocycles. The fourth-order valence-electron chi connectivity index (χ4n) is 1.10. The summed E-state index contributed by atoms with van der Waals surface area (Å²) in [6, 6.07) is 9.63. The summed E-state index contributed by atoms with van der Waals surface area (Å²) in [5.74, 6) is 0.454. The Morgan fingerprint density at radius 1 is 1.27 bits per heavy atom. The summed E-state index contributed by atoms with van der Waals surface area (Å²) in [6.45, 7) is 0. The summed E-state index contributed by atoms with van der Waals surface area (Å²) in [4.78, 5) is 0. The van der Waals surface area contributed by atoms with Crippen LogP contribution in [0, 0.1) is 0 Å². The van der Waals surface area contributed by atoms with Gasteiger partial charge in [-0.3, -0.25) is 4.21 Å². The van der Waals surface area contributed by atoms with Crippen molar-refractivity contribution in [3.05, 3.63) is 35.9 Å². The quantitative estimate of drug-likeness (QED) is 0.879. The highest BCUT2D eigenvalue weighted by Gasteiger charge is 2.10. The van der Waals surface area contributed by atoms with E-state index in [1.807, 2.05) is 30.3 Å². The molecule has 0 fully saturated rings. The first-order chi connectivity index (χ1) is 7.25. The molecule has 1 atom stereocenters. The van der Waals surface area contributed by atoms with Crippen molar-refractivity contribution in [3.63, 3.8) is 0 Å². The van der Waals surface area contributed by atoms with Crippen molar-refractivity contribution in [2.75, 3.05) is 5.73 Å². The summed E-state index contributed by atoms with van der Waals surface area (Å²) in [6.07, 6.45) is 0. The van der Waals surface area contributed by atoms with Crippen LogP contribution in [0.25, 0.3) is 0 Å². The fourth-order valence-corrected chi connectivity index (χ4v) is 3.00. The predicted octanol–water partition coefficient (Wildman–Crippen LogP) is 1.43. The average molecular weight is 239 g/mol. The minimum Gasteiger partial charge on any atom is -0.374 e. The zero-order valence-electron chi connectivity index (χ0n) is 7.79. The van der Waals surface area contributed by atoms with Gasteiger partial charge in [-0.2, -0.15) is 0 Å². The van der Waals surface area contributed by atoms with Gasteiger partial charge in [-0.15, -0.1) is 10.2 Å². The van der Waals surface area contributed by atoms with E-state index in [2.05, 4.69) is 10.2 Å². The van der Waals surface area contributed by atoms with Crippen LogP contribution in [0.3, 0.4) is 0 Å². The third kappa shape index (κ3) is 2.60. The van der Waals surface area contributed by atoms with Crippen LogP contribution < -0.4 is 5.73 Å². The molecule has 1 unspecified atom stereocenters. The minimum absolute atomic E-state index is 0.353. The van der Waals surface area contributed by atoms with Crippen LogP contribution in [0.1, 0.15) is 5.56 Å². The summed E-state index contributed by atoms with van der Waals surface area (Å²) >= 11 is 1.17. The molecule has 2 N–H and O–H groups in total. The average Bonchev–Trinajstić information content (AvgIpc) is 2.66. The summed E-state index contributed by atoms with van der Waals surface area (Å²) in [5, 5.41) is 7.74. The lowest BCUT2D eigenvalue weighted by Gasteiger charge is -1.97. The number of nitrogen functional groups attached to an aromatic ring is 1. The SMILES string of the molecule is Nc1nnc(S(=O)Cc2ccccc2)s1. The monoisotopic (exact) mass is 239 g/mol. The molecule has 0 amide bonds. The van der Waals surface area contributed by atoms with Crippen LogP contribution in [0.2, 0.25) is 0 Å². The normalized spacial score (nSPS) is 12.5. The molecule has 4 nitrogen and oxygen atoms in total. The number of hydrogen-bond donors (Lipinski definition) is 1. The Hall–Kier alpha value is -1.27. The van der Waals surface area contributed by atoms with E-state index in [4.69, 9.17) is 5.73 Å². The van der Waals surface area contributed by atoms with Gasteiger partial charge in [0.2, 0.25) is 9.47 Å². The first-order valence-electron chi connectivity index (χ1n) is 4.27. The number of hydrogen-bond acceptors (Lipinski definition) is 5. The first-order valence-corrected chi connectivity index (χ1v) is 6.40. The minimum atomic E-state index is -1.15. The lowest BCUT2D eigenvalue weighted by atomic mass is 10.2. The predicted molar refractivity (Wildman–Crippen MR) is 60.9 cm³/mol. The number of rotatable bonds is 3. The Morgan fingerprint density at radius 3 is 2.60 bits per heavy atom. The van der Waals surface area contributed by atoms with E-state index in [9.17, 15) is 4.21 Å². The molecule has 0 aliphatic rings. The van der Waals surface area contributed by atoms with Crippen molar-refractivity contribution >= 4 is 27.3 Å². The Morgan fingerprint density at radius 2 is 2.00 bits per heavy atom. The van der Waals surface area contributed by atoms with E-state index < -0.39 is 10.8 Å². The molecule has 6 heteroatoms. The summed E-state index contributed by atoms with van der Waals surface area (Å²) in [7, 11) is -1.15. The van der Waals surface area contributed by atoms with E-state index in [0.29, 0.717) is 15.2 Å². The molecule has 1 aromatic heterocycles. The third-order valence-electron chi connectivity index (χ3n) is 1.76. The van der Waals surface area contributed by atoms with Gasteiger partial charge in [-0.05, 0) is 5.56 Å². The van der Waals surface area contributed by atoms with Crippen molar-refractivity contribution in [1.82, 2.24) is 10.2 Å². The molecule has 2 rings (SSSR count). The van der Waals surface area contributed by atoms with E-state index >= 15 is 0 Å². The largest absolute Gasteiger partial charge is 0.374 e. The van der Waals surface area contributed by atoms with Crippen LogP contribution in [0.5, 0.6) is 0 Å². The van der Waals surface area contributed by atoms with Gasteiger partial charge in [-0.1, -0.05) is 41.7 Å². The van der Waals surface area contributed by atoms with Crippen LogP contribution in [0.4, 0.5) is 5.13 Å². The van der Waals surface area contributed by atoms with Crippen LogP contribution in [-0.2, 0) is 16.6 Å². The molecule has 0 bridgehead atoms. The van der Waals surface area contributed by atoms with Crippen LogP contribution in [0.15, 0.2) is 34.7 Å². The van der Waals surface area contributed by atoms with E-state index in [-0.39, 0.29) is 0 Å². The zero-order chi connectivity index (χ0) is 10.7. The first kappa shape index (κ1) is 10.3. The van der Waals surface area contributed by atoms with Gasteiger partial charge in [0.05, 0.1) is 16.6 Å². The molecule has 0 saturated heterocycles. The number of nitrogens with two attached hydrogens (primary N) is 1. The second-order valence-corrected chi connectivity index (χ2v) is 5.52. The molecule has 78 valence electrons. The maximum Gasteiger partial charge on any atom is 0.206 e. The molecule has 0 aliphatic heterocycles. The van der Waals surface area contributed by atoms with Crippen molar-refractivity contribution < 1.29 is 4.21 Å². The number of benzene rings is 1. The topological polar surface area (TPSA) is 68.9 Å². The van der Waals surface area contributed by atoms with Crippen molar-refractivity contribution in [1.29, 1.82) is 0 Å². The number of anilines is 1. The smallest absolute Gasteiger partial charge is 0.206 e. The van der Waals surface area contributed by atoms with Gasteiger partial charge in [0.15, 0.2) is 0 Å². The van der Waals surface area contributed by atoms with E-state index in [1.165, 1.54) is 11.3 Å². The Balaban J connectivity index is 2.11. The molecule has 0 spiro atoms. The molecule has 2 aromatic rings. The van der Waals surface area contributed by atoms with Gasteiger partial charge in [0.25, 0.3) is 0 Å². The molecule has 15 heavy (non-hydrogen) atoms. The molecular weight excluding hydrogens is 230 g/mol. The Kier molecular flexibility index (Phi) is 3.08. The second kappa shape index (κ2) is 4.50. The van der Waals surface area contributed by atoms with Gasteiger partial charge in [-0.25, -0.2) is 0 Å². The summed E-state index contributed by atoms with van der Waals surface area (Å²) in [5.41, 5.74) is 6.44. The molecule has 1 heterocycles. The third-order valence-corrected chi connectivity index (χ3v) is 4.18. The number of nitrogens with zero attached hydrogens (tertiary/aromatic N) is 2. The van der Waals surface area contributed by atoms with Crippen molar-refractivity contribution in [2.24, 2.45) is 0 Å². The highest BCUT2D eigenvalue weighted by Crippen LogP contribution is 2.17. The maximum atomic E-state index is 11.8. The lowest BCUT2D eigenvalue weighted by Crippen LogP contribution is -1.95.